The van der Waals surface area contributed by atoms with Crippen LogP contribution in [0.3, 0.4) is 0 Å². The number of amides is 4. The highest BCUT2D eigenvalue weighted by Gasteiger charge is 2.70. The maximum absolute atomic E-state index is 13.7. The van der Waals surface area contributed by atoms with E-state index in [9.17, 15) is 24.0 Å². The number of hydrogen-bond donors (Lipinski definition) is 3. The van der Waals surface area contributed by atoms with Gasteiger partial charge in [0.05, 0.1) is 0 Å². The van der Waals surface area contributed by atoms with Crippen molar-refractivity contribution in [3.8, 4) is 0 Å². The number of carbonyl (C=O) groups excluding carboxylic acids is 5. The van der Waals surface area contributed by atoms with E-state index < -0.39 is 52.3 Å². The summed E-state index contributed by atoms with van der Waals surface area (Å²) in [5.41, 5.74) is 2.37. The van der Waals surface area contributed by atoms with E-state index in [-0.39, 0.29) is 23.2 Å². The number of rotatable bonds is 6. The zero-order chi connectivity index (χ0) is 26.0. The summed E-state index contributed by atoms with van der Waals surface area (Å²) in [6.45, 7) is 15.1. The fourth-order valence-corrected chi connectivity index (χ4v) is 5.13. The monoisotopic (exact) mass is 478 g/mol. The minimum atomic E-state index is -1.27. The van der Waals surface area contributed by atoms with E-state index in [4.69, 9.17) is 10.5 Å². The number of nitrogens with one attached hydrogen (secondary N) is 2. The fraction of sp³-hybridized carbons (Fsp3) is 0.792. The van der Waals surface area contributed by atoms with Gasteiger partial charge in [-0.15, -0.1) is 0 Å². The first-order valence-electron chi connectivity index (χ1n) is 11.8. The number of Topliss-reactive ketones (excluding diaryl/α,β-unsaturated/α-hetero) is 1. The van der Waals surface area contributed by atoms with Gasteiger partial charge >= 0.3 is 6.09 Å². The van der Waals surface area contributed by atoms with Gasteiger partial charge in [0.1, 0.15) is 23.2 Å². The minimum absolute atomic E-state index is 0.0851. The van der Waals surface area contributed by atoms with Crippen LogP contribution in [-0.4, -0.2) is 64.3 Å². The molecular formula is C24H38N4O6. The summed E-state index contributed by atoms with van der Waals surface area (Å²) >= 11 is 0. The van der Waals surface area contributed by atoms with E-state index in [0.29, 0.717) is 19.4 Å². The molecule has 1 saturated heterocycles. The molecule has 4 atom stereocenters. The summed E-state index contributed by atoms with van der Waals surface area (Å²) < 4.78 is 5.36. The summed E-state index contributed by atoms with van der Waals surface area (Å²) in [5, 5.41) is 5.42. The molecule has 2 aliphatic carbocycles. The van der Waals surface area contributed by atoms with Gasteiger partial charge in [0, 0.05) is 6.54 Å². The largest absolute Gasteiger partial charge is 0.444 e. The zero-order valence-electron chi connectivity index (χ0n) is 21.4. The molecule has 34 heavy (non-hydrogen) atoms. The number of alkyl carbamates (subject to hydrolysis) is 1. The Morgan fingerprint density at radius 1 is 1.03 bits per heavy atom. The van der Waals surface area contributed by atoms with Gasteiger partial charge in [0.25, 0.3) is 5.91 Å². The van der Waals surface area contributed by atoms with Crippen molar-refractivity contribution in [1.82, 2.24) is 15.5 Å². The van der Waals surface area contributed by atoms with E-state index in [1.807, 2.05) is 34.6 Å². The highest BCUT2D eigenvalue weighted by molar-refractivity contribution is 6.40. The third-order valence-corrected chi connectivity index (χ3v) is 7.31. The molecule has 10 heteroatoms. The van der Waals surface area contributed by atoms with Crippen LogP contribution in [0.15, 0.2) is 0 Å². The third kappa shape index (κ3) is 4.77. The lowest BCUT2D eigenvalue weighted by Gasteiger charge is -2.38. The van der Waals surface area contributed by atoms with Crippen LogP contribution in [0, 0.1) is 22.7 Å². The minimum Gasteiger partial charge on any atom is -0.444 e. The molecule has 3 aliphatic rings. The third-order valence-electron chi connectivity index (χ3n) is 7.31. The van der Waals surface area contributed by atoms with Crippen LogP contribution in [0.2, 0.25) is 0 Å². The lowest BCUT2D eigenvalue weighted by molar-refractivity contribution is -0.145. The van der Waals surface area contributed by atoms with Crippen molar-refractivity contribution in [3.63, 3.8) is 0 Å². The summed E-state index contributed by atoms with van der Waals surface area (Å²) in [5.74, 6) is -2.72. The first-order valence-corrected chi connectivity index (χ1v) is 11.8. The maximum atomic E-state index is 13.7. The molecule has 1 heterocycles. The molecule has 2 saturated carbocycles. The first-order chi connectivity index (χ1) is 15.3. The van der Waals surface area contributed by atoms with E-state index in [0.717, 1.165) is 0 Å². The molecule has 190 valence electrons. The van der Waals surface area contributed by atoms with Crippen molar-refractivity contribution in [2.24, 2.45) is 28.4 Å². The number of nitrogens with zero attached hydrogens (tertiary/aromatic N) is 1. The highest BCUT2D eigenvalue weighted by atomic mass is 16.6. The summed E-state index contributed by atoms with van der Waals surface area (Å²) in [6.07, 6.45) is -0.0390. The molecule has 0 spiro atoms. The normalized spacial score (nSPS) is 27.2. The predicted molar refractivity (Wildman–Crippen MR) is 123 cm³/mol. The van der Waals surface area contributed by atoms with E-state index >= 15 is 0 Å². The molecule has 4 unspecified atom stereocenters. The number of piperidine rings is 1. The van der Waals surface area contributed by atoms with Crippen molar-refractivity contribution in [3.05, 3.63) is 0 Å². The molecule has 10 nitrogen and oxygen atoms in total. The van der Waals surface area contributed by atoms with Crippen molar-refractivity contribution < 1.29 is 28.7 Å². The molecule has 3 rings (SSSR count). The molecule has 0 aromatic heterocycles. The predicted octanol–water partition coefficient (Wildman–Crippen LogP) is 1.11. The molecule has 0 bridgehead atoms. The second kappa shape index (κ2) is 7.95. The van der Waals surface area contributed by atoms with Gasteiger partial charge in [-0.05, 0) is 56.3 Å². The van der Waals surface area contributed by atoms with Gasteiger partial charge < -0.3 is 26.0 Å². The van der Waals surface area contributed by atoms with Gasteiger partial charge in [-0.25, -0.2) is 4.79 Å². The van der Waals surface area contributed by atoms with Gasteiger partial charge in [-0.3, -0.25) is 19.2 Å². The van der Waals surface area contributed by atoms with Gasteiger partial charge in [0.2, 0.25) is 17.6 Å². The van der Waals surface area contributed by atoms with Crippen LogP contribution >= 0.6 is 0 Å². The number of carbonyl (C=O) groups is 5. The average Bonchev–Trinajstić information content (AvgIpc) is 3.46. The van der Waals surface area contributed by atoms with Crippen LogP contribution in [0.4, 0.5) is 4.79 Å². The molecule has 0 aromatic carbocycles. The van der Waals surface area contributed by atoms with Crippen molar-refractivity contribution in [2.45, 2.75) is 91.5 Å². The molecule has 1 aliphatic heterocycles. The topological polar surface area (TPSA) is 148 Å². The van der Waals surface area contributed by atoms with Crippen molar-refractivity contribution in [2.75, 3.05) is 6.54 Å². The van der Waals surface area contributed by atoms with Crippen LogP contribution in [-0.2, 0) is 23.9 Å². The number of likely N-dealkylation sites (tertiary alicyclic amines) is 1. The second-order valence-electron chi connectivity index (χ2n) is 12.6. The Kier molecular flexibility index (Phi) is 6.07. The Morgan fingerprint density at radius 2 is 1.59 bits per heavy atom. The summed E-state index contributed by atoms with van der Waals surface area (Å²) in [6, 6.07) is -1.74. The number of hydrogen-bond acceptors (Lipinski definition) is 6. The van der Waals surface area contributed by atoms with Gasteiger partial charge in [0.15, 0.2) is 0 Å². The highest BCUT2D eigenvalue weighted by Crippen LogP contribution is 2.65. The summed E-state index contributed by atoms with van der Waals surface area (Å²) in [4.78, 5) is 64.9. The maximum Gasteiger partial charge on any atom is 0.408 e. The molecule has 3 fully saturated rings. The number of ether oxygens (including phenoxy) is 1. The Morgan fingerprint density at radius 3 is 2.03 bits per heavy atom. The number of ketones is 1. The smallest absolute Gasteiger partial charge is 0.408 e. The standard InChI is InChI=1S/C24H38N4O6/c1-21(2,3)15(26-20(33)34-22(4,5)6)19(32)28-11-12-13(23(12,7)8)14(28)18(31)27-24(9-10-24)16(29)17(25)30/h12-15H,9-11H2,1-8H3,(H2,25,30)(H,26,33)(H,27,31). The number of primary amides is 1. The second-order valence-corrected chi connectivity index (χ2v) is 12.6. The van der Waals surface area contributed by atoms with Crippen LogP contribution in [0.5, 0.6) is 0 Å². The molecule has 4 N–H and O–H groups in total. The van der Waals surface area contributed by atoms with Crippen molar-refractivity contribution >= 4 is 29.6 Å². The van der Waals surface area contributed by atoms with Gasteiger partial charge in [-0.2, -0.15) is 0 Å². The molecule has 0 aromatic rings. The van der Waals surface area contributed by atoms with Crippen LogP contribution in [0.25, 0.3) is 0 Å². The SMILES string of the molecule is CC(C)(C)OC(=O)NC(C(=O)N1CC2C(C1C(=O)NC1(C(=O)C(N)=O)CC1)C2(C)C)C(C)(C)C. The van der Waals surface area contributed by atoms with Crippen molar-refractivity contribution in [1.29, 1.82) is 0 Å². The summed E-state index contributed by atoms with van der Waals surface area (Å²) in [7, 11) is 0. The number of nitrogens with two attached hydrogens (primary N) is 1. The quantitative estimate of drug-likeness (QED) is 0.487. The Balaban J connectivity index is 1.84. The number of fused-ring (bicyclic) bond motifs is 1. The lowest BCUT2D eigenvalue weighted by Crippen LogP contribution is -2.61. The molecular weight excluding hydrogens is 440 g/mol. The molecule has 4 amide bonds. The zero-order valence-corrected chi connectivity index (χ0v) is 21.4. The van der Waals surface area contributed by atoms with E-state index in [1.165, 1.54) is 4.90 Å². The first kappa shape index (κ1) is 26.0. The fourth-order valence-electron chi connectivity index (χ4n) is 5.13. The van der Waals surface area contributed by atoms with Gasteiger partial charge in [-0.1, -0.05) is 34.6 Å². The van der Waals surface area contributed by atoms with E-state index in [1.54, 1.807) is 20.8 Å². The van der Waals surface area contributed by atoms with E-state index in [2.05, 4.69) is 10.6 Å². The Bertz CT molecular complexity index is 925. The van der Waals surface area contributed by atoms with Crippen LogP contribution < -0.4 is 16.4 Å². The molecule has 0 radical (unpaired) electrons. The lowest BCUT2D eigenvalue weighted by atomic mass is 9.85. The Hall–Kier alpha value is -2.65. The van der Waals surface area contributed by atoms with Crippen LogP contribution in [0.1, 0.15) is 68.2 Å². The average molecular weight is 479 g/mol. The Labute approximate surface area is 200 Å².